The van der Waals surface area contributed by atoms with Crippen molar-refractivity contribution < 1.29 is 0 Å². The van der Waals surface area contributed by atoms with Gasteiger partial charge in [0, 0.05) is 32.0 Å². The monoisotopic (exact) mass is 293 g/mol. The van der Waals surface area contributed by atoms with Crippen LogP contribution in [0.5, 0.6) is 0 Å². The van der Waals surface area contributed by atoms with Crippen LogP contribution in [0.15, 0.2) is 29.5 Å². The highest BCUT2D eigenvalue weighted by atomic mass is 32.1. The number of thiocarbonyl (C=S) groups is 1. The van der Waals surface area contributed by atoms with Crippen LogP contribution in [0.4, 0.5) is 0 Å². The second-order valence-corrected chi connectivity index (χ2v) is 4.73. The van der Waals surface area contributed by atoms with E-state index < -0.39 is 0 Å². The first-order chi connectivity index (χ1) is 9.67. The van der Waals surface area contributed by atoms with E-state index in [2.05, 4.69) is 21.4 Å². The minimum Gasteiger partial charge on any atom is -0.369 e. The Labute approximate surface area is 126 Å². The van der Waals surface area contributed by atoms with Crippen LogP contribution in [0.25, 0.3) is 0 Å². The number of guanidine groups is 1. The number of aromatic nitrogens is 1. The lowest BCUT2D eigenvalue weighted by Gasteiger charge is -2.19. The minimum atomic E-state index is 0.445. The van der Waals surface area contributed by atoms with E-state index in [1.807, 2.05) is 31.0 Å². The topological polar surface area (TPSA) is 66.5 Å². The predicted molar refractivity (Wildman–Crippen MR) is 87.7 cm³/mol. The Kier molecular flexibility index (Phi) is 7.57. The number of pyridine rings is 1. The van der Waals surface area contributed by atoms with Gasteiger partial charge < -0.3 is 16.0 Å². The number of nitrogens with two attached hydrogens (primary N) is 1. The van der Waals surface area contributed by atoms with Crippen LogP contribution >= 0.6 is 12.2 Å². The quantitative estimate of drug-likeness (QED) is 0.360. The van der Waals surface area contributed by atoms with Gasteiger partial charge in [0.05, 0.1) is 0 Å². The average Bonchev–Trinajstić information content (AvgIpc) is 2.46. The summed E-state index contributed by atoms with van der Waals surface area (Å²) in [6.07, 6.45) is 5.61. The molecule has 0 saturated carbocycles. The molecule has 0 aliphatic rings. The van der Waals surface area contributed by atoms with Crippen LogP contribution in [0.1, 0.15) is 25.8 Å². The van der Waals surface area contributed by atoms with Gasteiger partial charge in [0.25, 0.3) is 0 Å². The first-order valence-electron chi connectivity index (χ1n) is 6.93. The molecule has 0 radical (unpaired) electrons. The molecule has 1 heterocycles. The summed E-state index contributed by atoms with van der Waals surface area (Å²) in [7, 11) is 0. The summed E-state index contributed by atoms with van der Waals surface area (Å²) < 4.78 is 0. The predicted octanol–water partition coefficient (Wildman–Crippen LogP) is 1.55. The van der Waals surface area contributed by atoms with E-state index in [0.717, 1.165) is 32.5 Å². The van der Waals surface area contributed by atoms with Crippen molar-refractivity contribution in [1.82, 2.24) is 15.2 Å². The Balaban J connectivity index is 2.28. The van der Waals surface area contributed by atoms with E-state index in [9.17, 15) is 0 Å². The fourth-order valence-corrected chi connectivity index (χ4v) is 1.99. The van der Waals surface area contributed by atoms with E-state index >= 15 is 0 Å². The largest absolute Gasteiger partial charge is 0.369 e. The molecule has 1 aromatic heterocycles. The van der Waals surface area contributed by atoms with Gasteiger partial charge in [0.2, 0.25) is 0 Å². The number of aliphatic imine (C=N–C) groups is 1. The van der Waals surface area contributed by atoms with Gasteiger partial charge in [-0.05, 0) is 50.5 Å². The van der Waals surface area contributed by atoms with Crippen LogP contribution in [0.2, 0.25) is 0 Å². The van der Waals surface area contributed by atoms with Crippen molar-refractivity contribution in [3.05, 3.63) is 30.1 Å². The highest BCUT2D eigenvalue weighted by Gasteiger charge is 2.03. The van der Waals surface area contributed by atoms with E-state index in [-0.39, 0.29) is 0 Å². The van der Waals surface area contributed by atoms with Crippen molar-refractivity contribution in [3.63, 3.8) is 0 Å². The maximum absolute atomic E-state index is 5.88. The lowest BCUT2D eigenvalue weighted by Crippen LogP contribution is -2.38. The van der Waals surface area contributed by atoms with Gasteiger partial charge in [-0.1, -0.05) is 6.07 Å². The van der Waals surface area contributed by atoms with Crippen molar-refractivity contribution in [1.29, 1.82) is 0 Å². The summed E-state index contributed by atoms with van der Waals surface area (Å²) in [6, 6.07) is 4.02. The Morgan fingerprint density at radius 2 is 2.20 bits per heavy atom. The van der Waals surface area contributed by atoms with Crippen LogP contribution in [-0.2, 0) is 6.42 Å². The highest BCUT2D eigenvalue weighted by Crippen LogP contribution is 1.99. The molecule has 0 amide bonds. The lowest BCUT2D eigenvalue weighted by atomic mass is 10.2. The molecule has 20 heavy (non-hydrogen) atoms. The molecule has 0 atom stereocenters. The van der Waals surface area contributed by atoms with Gasteiger partial charge in [-0.25, -0.2) is 0 Å². The lowest BCUT2D eigenvalue weighted by molar-refractivity contribution is 0.461. The van der Waals surface area contributed by atoms with Gasteiger partial charge in [0.15, 0.2) is 11.1 Å². The normalized spacial score (nSPS) is 11.2. The van der Waals surface area contributed by atoms with Crippen LogP contribution in [0, 0.1) is 0 Å². The molecule has 3 N–H and O–H groups in total. The molecule has 0 aliphatic heterocycles. The second-order valence-electron chi connectivity index (χ2n) is 4.34. The Morgan fingerprint density at radius 1 is 1.45 bits per heavy atom. The number of nitrogens with zero attached hydrogens (tertiary/aromatic N) is 3. The third-order valence-corrected chi connectivity index (χ3v) is 3.18. The number of aryl methyl sites for hydroxylation is 1. The van der Waals surface area contributed by atoms with Gasteiger partial charge in [0.1, 0.15) is 0 Å². The zero-order valence-corrected chi connectivity index (χ0v) is 13.0. The molecular weight excluding hydrogens is 270 g/mol. The van der Waals surface area contributed by atoms with Crippen LogP contribution < -0.4 is 11.1 Å². The maximum atomic E-state index is 5.88. The molecule has 0 fully saturated rings. The van der Waals surface area contributed by atoms with Gasteiger partial charge >= 0.3 is 0 Å². The molecule has 0 saturated heterocycles. The zero-order valence-electron chi connectivity index (χ0n) is 12.2. The third kappa shape index (κ3) is 5.97. The first kappa shape index (κ1) is 16.4. The second kappa shape index (κ2) is 9.25. The van der Waals surface area contributed by atoms with E-state index in [0.29, 0.717) is 11.1 Å². The van der Waals surface area contributed by atoms with Crippen molar-refractivity contribution in [2.75, 3.05) is 19.6 Å². The van der Waals surface area contributed by atoms with Gasteiger partial charge in [-0.2, -0.15) is 4.99 Å². The molecule has 0 bridgehead atoms. The van der Waals surface area contributed by atoms with Crippen molar-refractivity contribution in [2.45, 2.75) is 26.7 Å². The molecule has 1 aromatic rings. The van der Waals surface area contributed by atoms with Crippen molar-refractivity contribution >= 4 is 23.3 Å². The Hall–Kier alpha value is -1.69. The summed E-state index contributed by atoms with van der Waals surface area (Å²) in [5, 5.41) is 3.55. The molecule has 6 heteroatoms. The fraction of sp³-hybridized carbons (Fsp3) is 0.500. The summed E-state index contributed by atoms with van der Waals surface area (Å²) in [5.41, 5.74) is 7.10. The number of hydrogen-bond acceptors (Lipinski definition) is 2. The van der Waals surface area contributed by atoms with Crippen LogP contribution in [-0.4, -0.2) is 40.6 Å². The van der Waals surface area contributed by atoms with E-state index in [1.54, 1.807) is 6.20 Å². The van der Waals surface area contributed by atoms with Gasteiger partial charge in [-0.15, -0.1) is 0 Å². The standard InChI is InChI=1S/C14H23N5S/c1-3-19(4-2)13(15)18-14(20)17-10-6-8-12-7-5-9-16-11-12/h5,7,9,11H,3-4,6,8,10H2,1-2H3,(H3,15,17,18,20). The minimum absolute atomic E-state index is 0.445. The zero-order chi connectivity index (χ0) is 14.8. The number of hydrogen-bond donors (Lipinski definition) is 2. The van der Waals surface area contributed by atoms with Crippen molar-refractivity contribution in [2.24, 2.45) is 10.7 Å². The van der Waals surface area contributed by atoms with Gasteiger partial charge in [-0.3, -0.25) is 4.98 Å². The molecule has 0 aromatic carbocycles. The summed E-state index contributed by atoms with van der Waals surface area (Å²) in [4.78, 5) is 10.2. The molecule has 5 nitrogen and oxygen atoms in total. The molecular formula is C14H23N5S. The number of rotatable bonds is 6. The molecule has 110 valence electrons. The summed E-state index contributed by atoms with van der Waals surface area (Å²) in [6.45, 7) is 6.51. The molecule has 0 aliphatic carbocycles. The average molecular weight is 293 g/mol. The number of nitrogens with one attached hydrogen (secondary N) is 1. The summed E-state index contributed by atoms with van der Waals surface area (Å²) in [5.74, 6) is 0.472. The molecule has 0 spiro atoms. The fourth-order valence-electron chi connectivity index (χ4n) is 1.80. The van der Waals surface area contributed by atoms with Crippen LogP contribution in [0.3, 0.4) is 0 Å². The first-order valence-corrected chi connectivity index (χ1v) is 7.34. The molecule has 1 rings (SSSR count). The smallest absolute Gasteiger partial charge is 0.198 e. The SMILES string of the molecule is CCN(CC)C(N)=NC(=S)NCCCc1cccnc1. The summed E-state index contributed by atoms with van der Waals surface area (Å²) >= 11 is 5.16. The highest BCUT2D eigenvalue weighted by molar-refractivity contribution is 7.80. The Bertz CT molecular complexity index is 428. The maximum Gasteiger partial charge on any atom is 0.198 e. The van der Waals surface area contributed by atoms with E-state index in [1.165, 1.54) is 5.56 Å². The van der Waals surface area contributed by atoms with E-state index in [4.69, 9.17) is 18.0 Å². The van der Waals surface area contributed by atoms with Crippen molar-refractivity contribution in [3.8, 4) is 0 Å². The molecule has 0 unspecified atom stereocenters. The third-order valence-electron chi connectivity index (χ3n) is 2.94. The Morgan fingerprint density at radius 3 is 2.80 bits per heavy atom.